The number of fused-ring (bicyclic) bond motifs is 5. The molecule has 1 aliphatic carbocycles. The van der Waals surface area contributed by atoms with Gasteiger partial charge in [-0.15, -0.1) is 0 Å². The van der Waals surface area contributed by atoms with Gasteiger partial charge in [0.25, 0.3) is 0 Å². The van der Waals surface area contributed by atoms with Gasteiger partial charge in [0.2, 0.25) is 0 Å². The number of hydrogen-bond acceptors (Lipinski definition) is 4. The van der Waals surface area contributed by atoms with Crippen molar-refractivity contribution in [2.75, 3.05) is 13.7 Å². The molecular formula is C14H17BN2O2. The molecule has 1 saturated heterocycles. The van der Waals surface area contributed by atoms with Crippen LogP contribution in [0.1, 0.15) is 24.8 Å². The fourth-order valence-corrected chi connectivity index (χ4v) is 3.55. The van der Waals surface area contributed by atoms with Crippen molar-refractivity contribution in [1.29, 1.82) is 0 Å². The Balaban J connectivity index is 1.72. The van der Waals surface area contributed by atoms with Crippen LogP contribution in [-0.2, 0) is 4.65 Å². The fourth-order valence-electron chi connectivity index (χ4n) is 3.55. The molecule has 0 amide bonds. The second-order valence-electron chi connectivity index (χ2n) is 5.56. The van der Waals surface area contributed by atoms with E-state index in [1.54, 1.807) is 7.11 Å². The zero-order chi connectivity index (χ0) is 12.8. The van der Waals surface area contributed by atoms with Crippen molar-refractivity contribution in [1.82, 2.24) is 4.92 Å². The highest BCUT2D eigenvalue weighted by Crippen LogP contribution is 2.35. The van der Waals surface area contributed by atoms with Gasteiger partial charge in [0, 0.05) is 18.6 Å². The van der Waals surface area contributed by atoms with Crippen LogP contribution in [0.3, 0.4) is 0 Å². The summed E-state index contributed by atoms with van der Waals surface area (Å²) in [6.07, 6.45) is 5.76. The minimum absolute atomic E-state index is 0.00902. The van der Waals surface area contributed by atoms with E-state index in [2.05, 4.69) is 16.1 Å². The van der Waals surface area contributed by atoms with Crippen LogP contribution in [0.2, 0.25) is 0 Å². The van der Waals surface area contributed by atoms with Crippen molar-refractivity contribution in [2.45, 2.75) is 25.3 Å². The molecular weight excluding hydrogens is 239 g/mol. The van der Waals surface area contributed by atoms with Crippen molar-refractivity contribution in [3.8, 4) is 5.75 Å². The average Bonchev–Trinajstić information content (AvgIpc) is 2.94. The third-order valence-corrected chi connectivity index (χ3v) is 4.56. The summed E-state index contributed by atoms with van der Waals surface area (Å²) in [6.45, 7) is 0.868. The van der Waals surface area contributed by atoms with E-state index in [1.807, 2.05) is 18.3 Å². The van der Waals surface area contributed by atoms with Crippen LogP contribution in [0.25, 0.3) is 0 Å². The van der Waals surface area contributed by atoms with Crippen LogP contribution in [0.15, 0.2) is 23.3 Å². The average molecular weight is 256 g/mol. The number of hydrazone groups is 1. The Kier molecular flexibility index (Phi) is 2.55. The number of rotatable bonds is 1. The van der Waals surface area contributed by atoms with Crippen LogP contribution in [0.5, 0.6) is 5.75 Å². The van der Waals surface area contributed by atoms with E-state index in [4.69, 9.17) is 9.39 Å². The molecule has 0 spiro atoms. The van der Waals surface area contributed by atoms with Crippen molar-refractivity contribution < 1.29 is 9.39 Å². The Bertz CT molecular complexity index is 534. The minimum Gasteiger partial charge on any atom is -0.497 e. The molecule has 1 aromatic rings. The van der Waals surface area contributed by atoms with Crippen molar-refractivity contribution in [3.05, 3.63) is 23.8 Å². The van der Waals surface area contributed by atoms with Crippen molar-refractivity contribution >= 4 is 18.7 Å². The summed E-state index contributed by atoms with van der Waals surface area (Å²) >= 11 is 0. The summed E-state index contributed by atoms with van der Waals surface area (Å²) in [4.78, 5) is 2.18. The molecule has 0 N–H and O–H groups in total. The normalized spacial score (nSPS) is 27.8. The van der Waals surface area contributed by atoms with Crippen LogP contribution >= 0.6 is 0 Å². The molecule has 2 unspecified atom stereocenters. The largest absolute Gasteiger partial charge is 0.497 e. The molecule has 19 heavy (non-hydrogen) atoms. The molecule has 3 aliphatic rings. The Labute approximate surface area is 113 Å². The fraction of sp³-hybridized carbons (Fsp3) is 0.500. The van der Waals surface area contributed by atoms with Gasteiger partial charge in [-0.2, -0.15) is 5.10 Å². The molecule has 5 heteroatoms. The van der Waals surface area contributed by atoms with Crippen molar-refractivity contribution in [2.24, 2.45) is 11.0 Å². The predicted molar refractivity (Wildman–Crippen MR) is 74.9 cm³/mol. The number of nitrogens with zero attached hydrogens (tertiary/aromatic N) is 2. The van der Waals surface area contributed by atoms with Gasteiger partial charge >= 0.3 is 7.05 Å². The Hall–Kier alpha value is -1.49. The lowest BCUT2D eigenvalue weighted by molar-refractivity contribution is 0.112. The smallest absolute Gasteiger partial charge is 0.469 e. The summed E-state index contributed by atoms with van der Waals surface area (Å²) in [6, 6.07) is 6.69. The lowest BCUT2D eigenvalue weighted by Gasteiger charge is -2.41. The monoisotopic (exact) mass is 256 g/mol. The third kappa shape index (κ3) is 1.68. The van der Waals surface area contributed by atoms with E-state index in [-0.39, 0.29) is 7.05 Å². The molecule has 0 bridgehead atoms. The molecule has 98 valence electrons. The zero-order valence-corrected chi connectivity index (χ0v) is 11.1. The third-order valence-electron chi connectivity index (χ3n) is 4.56. The number of hydrogen-bond donors (Lipinski definition) is 0. The van der Waals surface area contributed by atoms with Gasteiger partial charge in [-0.25, -0.2) is 0 Å². The van der Waals surface area contributed by atoms with E-state index in [9.17, 15) is 0 Å². The molecule has 2 fully saturated rings. The zero-order valence-electron chi connectivity index (χ0n) is 11.1. The van der Waals surface area contributed by atoms with Crippen LogP contribution in [-0.4, -0.2) is 37.9 Å². The Morgan fingerprint density at radius 1 is 1.42 bits per heavy atom. The first kappa shape index (κ1) is 11.4. The maximum absolute atomic E-state index is 6.07. The highest BCUT2D eigenvalue weighted by atomic mass is 16.5. The Morgan fingerprint density at radius 2 is 2.37 bits per heavy atom. The molecule has 2 atom stereocenters. The highest BCUT2D eigenvalue weighted by molar-refractivity contribution is 6.66. The summed E-state index contributed by atoms with van der Waals surface area (Å²) in [5.74, 6) is 1.53. The molecule has 4 rings (SSSR count). The van der Waals surface area contributed by atoms with Gasteiger partial charge in [-0.05, 0) is 36.0 Å². The lowest BCUT2D eigenvalue weighted by atomic mass is 9.66. The number of methoxy groups -OCH3 is 1. The highest BCUT2D eigenvalue weighted by Gasteiger charge is 2.45. The second kappa shape index (κ2) is 4.27. The number of benzene rings is 1. The summed E-state index contributed by atoms with van der Waals surface area (Å²) in [5.41, 5.74) is 2.32. The first-order valence-corrected chi connectivity index (χ1v) is 6.98. The number of ether oxygens (including phenoxy) is 1. The lowest BCUT2D eigenvalue weighted by Crippen LogP contribution is -2.60. The van der Waals surface area contributed by atoms with E-state index < -0.39 is 0 Å². The van der Waals surface area contributed by atoms with Gasteiger partial charge in [-0.1, -0.05) is 12.5 Å². The van der Waals surface area contributed by atoms with E-state index in [0.29, 0.717) is 12.0 Å². The Morgan fingerprint density at radius 3 is 3.26 bits per heavy atom. The summed E-state index contributed by atoms with van der Waals surface area (Å²) < 4.78 is 11.3. The van der Waals surface area contributed by atoms with E-state index in [0.717, 1.165) is 17.9 Å². The molecule has 0 radical (unpaired) electrons. The van der Waals surface area contributed by atoms with Crippen LogP contribution in [0, 0.1) is 5.92 Å². The van der Waals surface area contributed by atoms with Gasteiger partial charge in [-0.3, -0.25) is 0 Å². The van der Waals surface area contributed by atoms with Gasteiger partial charge < -0.3 is 14.3 Å². The second-order valence-corrected chi connectivity index (χ2v) is 5.56. The van der Waals surface area contributed by atoms with Gasteiger partial charge in [0.1, 0.15) is 5.75 Å². The standard InChI is InChI=1S/C14H17BN2O2/c1-18-12-5-6-13-11(7-12)8-16-17-14-4-2-3-10(14)9-19-15(13)17/h5-8,10,14H,2-4,9H2,1H3. The first-order chi connectivity index (χ1) is 9.36. The molecule has 1 saturated carbocycles. The maximum atomic E-state index is 6.07. The molecule has 4 nitrogen and oxygen atoms in total. The topological polar surface area (TPSA) is 34.1 Å². The molecule has 2 heterocycles. The summed E-state index contributed by atoms with van der Waals surface area (Å²) in [5, 5.41) is 4.64. The van der Waals surface area contributed by atoms with Gasteiger partial charge in [0.05, 0.1) is 13.3 Å². The molecule has 2 aliphatic heterocycles. The van der Waals surface area contributed by atoms with Crippen molar-refractivity contribution in [3.63, 3.8) is 0 Å². The first-order valence-electron chi connectivity index (χ1n) is 6.98. The van der Waals surface area contributed by atoms with E-state index in [1.165, 1.54) is 24.7 Å². The van der Waals surface area contributed by atoms with Crippen LogP contribution < -0.4 is 10.2 Å². The summed E-state index contributed by atoms with van der Waals surface area (Å²) in [7, 11) is 1.68. The maximum Gasteiger partial charge on any atom is 0.469 e. The van der Waals surface area contributed by atoms with E-state index >= 15 is 0 Å². The minimum atomic E-state index is -0.00902. The van der Waals surface area contributed by atoms with Crippen LogP contribution in [0.4, 0.5) is 0 Å². The van der Waals surface area contributed by atoms with Gasteiger partial charge in [0.15, 0.2) is 0 Å². The molecule has 0 aromatic heterocycles. The molecule has 1 aromatic carbocycles. The SMILES string of the molecule is COc1ccc2c(c1)C=NN1B2OCC2CCCC21. The predicted octanol–water partition coefficient (Wildman–Crippen LogP) is 1.24. The quantitative estimate of drug-likeness (QED) is 0.709.